The van der Waals surface area contributed by atoms with E-state index >= 15 is 0 Å². The summed E-state index contributed by atoms with van der Waals surface area (Å²) in [5, 5.41) is 31.4. The number of nitrogens with two attached hydrogens (primary N) is 1. The highest BCUT2D eigenvalue weighted by Gasteiger charge is 2.57. The van der Waals surface area contributed by atoms with E-state index in [1.165, 1.54) is 6.08 Å². The third-order valence-corrected chi connectivity index (χ3v) is 6.04. The number of ketones is 1. The normalized spacial score (nSPS) is 27.1. The molecule has 0 aliphatic carbocycles. The molecule has 1 fully saturated rings. The van der Waals surface area contributed by atoms with Crippen LogP contribution in [0.15, 0.2) is 12.2 Å². The van der Waals surface area contributed by atoms with Crippen molar-refractivity contribution >= 4 is 18.9 Å². The molecule has 3 unspecified atom stereocenters. The van der Waals surface area contributed by atoms with Gasteiger partial charge in [0.05, 0.1) is 6.04 Å². The quantitative estimate of drug-likeness (QED) is 0.284. The topological polar surface area (TPSA) is 133 Å². The second kappa shape index (κ2) is 9.32. The first-order valence-electron chi connectivity index (χ1n) is 9.72. The van der Waals surface area contributed by atoms with Crippen molar-refractivity contribution in [1.82, 2.24) is 5.32 Å². The van der Waals surface area contributed by atoms with Crippen LogP contribution in [0, 0.1) is 10.8 Å². The van der Waals surface area contributed by atoms with Gasteiger partial charge in [-0.15, -0.1) is 0 Å². The van der Waals surface area contributed by atoms with Crippen LogP contribution in [0.1, 0.15) is 59.8 Å². The molecule has 0 saturated carbocycles. The number of nitrogens with one attached hydrogen (secondary N) is 1. The van der Waals surface area contributed by atoms with Crippen LogP contribution in [0.5, 0.6) is 0 Å². The first kappa shape index (κ1) is 23.8. The lowest BCUT2D eigenvalue weighted by Gasteiger charge is -2.42. The fourth-order valence-electron chi connectivity index (χ4n) is 4.09. The van der Waals surface area contributed by atoms with E-state index in [4.69, 9.17) is 15.8 Å². The monoisotopic (exact) mass is 382 g/mol. The number of hydrogen-bond acceptors (Lipinski definition) is 6. The number of rotatable bonds is 10. The lowest BCUT2D eigenvalue weighted by molar-refractivity contribution is -0.149. The second-order valence-corrected chi connectivity index (χ2v) is 8.75. The highest BCUT2D eigenvalue weighted by Crippen LogP contribution is 2.49. The van der Waals surface area contributed by atoms with Crippen molar-refractivity contribution in [2.45, 2.75) is 77.7 Å². The molecule has 0 spiro atoms. The van der Waals surface area contributed by atoms with E-state index < -0.39 is 30.1 Å². The summed E-state index contributed by atoms with van der Waals surface area (Å²) in [5.41, 5.74) is 3.93. The maximum absolute atomic E-state index is 12.3. The molecule has 0 bridgehead atoms. The first-order chi connectivity index (χ1) is 12.4. The lowest BCUT2D eigenvalue weighted by Crippen LogP contribution is -2.57. The molecule has 3 atom stereocenters. The van der Waals surface area contributed by atoms with Gasteiger partial charge < -0.3 is 26.2 Å². The molecule has 0 aromatic rings. The Bertz CT molecular complexity index is 561. The molecule has 6 N–H and O–H groups in total. The number of carbonyl (C=O) groups is 2. The molecule has 1 saturated heterocycles. The third-order valence-electron chi connectivity index (χ3n) is 6.04. The minimum Gasteiger partial charge on any atom is -0.480 e. The van der Waals surface area contributed by atoms with Gasteiger partial charge in [0.2, 0.25) is 0 Å². The predicted octanol–water partition coefficient (Wildman–Crippen LogP) is 1.34. The minimum absolute atomic E-state index is 0.181. The van der Waals surface area contributed by atoms with Crippen molar-refractivity contribution in [3.63, 3.8) is 0 Å². The summed E-state index contributed by atoms with van der Waals surface area (Å²) in [6, 6.07) is -0.645. The van der Waals surface area contributed by atoms with Gasteiger partial charge in [-0.2, -0.15) is 0 Å². The zero-order valence-corrected chi connectivity index (χ0v) is 17.0. The SMILES string of the molecule is CCC1(CCCB(O)O)CCNC1(C/C=C/C(=O)C(N)C(C)(C)C)C(=O)O. The van der Waals surface area contributed by atoms with Crippen molar-refractivity contribution in [3.05, 3.63) is 12.2 Å². The standard InChI is InChI=1S/C19H35BN2O5/c1-5-18(9-7-12-20(26)27)11-13-22-19(18,16(24)25)10-6-8-14(23)15(21)17(2,3)4/h6,8,15,22,26-27H,5,7,9-13,21H2,1-4H3,(H,24,25)/b8-6+. The van der Waals surface area contributed by atoms with E-state index in [0.29, 0.717) is 32.2 Å². The van der Waals surface area contributed by atoms with Crippen molar-refractivity contribution < 1.29 is 24.7 Å². The Morgan fingerprint density at radius 2 is 1.96 bits per heavy atom. The number of carbonyl (C=O) groups excluding carboxylic acids is 1. The van der Waals surface area contributed by atoms with Crippen molar-refractivity contribution in [2.75, 3.05) is 6.54 Å². The van der Waals surface area contributed by atoms with Crippen LogP contribution in [-0.2, 0) is 9.59 Å². The van der Waals surface area contributed by atoms with E-state index in [1.807, 2.05) is 27.7 Å². The van der Waals surface area contributed by atoms with E-state index in [-0.39, 0.29) is 23.9 Å². The molecule has 1 rings (SSSR count). The maximum atomic E-state index is 12.3. The molecular weight excluding hydrogens is 347 g/mol. The summed E-state index contributed by atoms with van der Waals surface area (Å²) < 4.78 is 0. The second-order valence-electron chi connectivity index (χ2n) is 8.75. The molecule has 27 heavy (non-hydrogen) atoms. The van der Waals surface area contributed by atoms with Gasteiger partial charge in [-0.1, -0.05) is 40.2 Å². The van der Waals surface area contributed by atoms with Crippen LogP contribution in [0.25, 0.3) is 0 Å². The molecular formula is C19H35BN2O5. The van der Waals surface area contributed by atoms with Gasteiger partial charge in [0.25, 0.3) is 0 Å². The predicted molar refractivity (Wildman–Crippen MR) is 106 cm³/mol. The number of carboxylic acid groups (broad SMARTS) is 1. The summed E-state index contributed by atoms with van der Waals surface area (Å²) in [4.78, 5) is 24.5. The zero-order chi connectivity index (χ0) is 20.9. The summed E-state index contributed by atoms with van der Waals surface area (Å²) in [6.45, 7) is 8.20. The number of aliphatic carboxylic acids is 1. The van der Waals surface area contributed by atoms with Gasteiger partial charge >= 0.3 is 13.1 Å². The summed E-state index contributed by atoms with van der Waals surface area (Å²) in [5.74, 6) is -1.16. The van der Waals surface area contributed by atoms with Gasteiger partial charge in [0, 0.05) is 5.41 Å². The molecule has 0 aromatic carbocycles. The zero-order valence-electron chi connectivity index (χ0n) is 17.0. The van der Waals surface area contributed by atoms with Crippen LogP contribution in [-0.4, -0.2) is 52.2 Å². The van der Waals surface area contributed by atoms with Crippen molar-refractivity contribution in [1.29, 1.82) is 0 Å². The van der Waals surface area contributed by atoms with E-state index in [0.717, 1.165) is 0 Å². The average Bonchev–Trinajstić information content (AvgIpc) is 2.93. The summed E-state index contributed by atoms with van der Waals surface area (Å²) in [6.07, 6.45) is 5.86. The molecule has 0 aromatic heterocycles. The minimum atomic E-state index is -1.39. The fourth-order valence-corrected chi connectivity index (χ4v) is 4.09. The Morgan fingerprint density at radius 1 is 1.33 bits per heavy atom. The van der Waals surface area contributed by atoms with Gasteiger partial charge in [-0.05, 0) is 50.0 Å². The van der Waals surface area contributed by atoms with Crippen LogP contribution in [0.4, 0.5) is 0 Å². The smallest absolute Gasteiger partial charge is 0.451 e. The Morgan fingerprint density at radius 3 is 2.44 bits per heavy atom. The molecule has 1 heterocycles. The fraction of sp³-hybridized carbons (Fsp3) is 0.789. The molecule has 0 amide bonds. The lowest BCUT2D eigenvalue weighted by atomic mass is 9.63. The van der Waals surface area contributed by atoms with Gasteiger partial charge in [-0.25, -0.2) is 0 Å². The highest BCUT2D eigenvalue weighted by molar-refractivity contribution is 6.40. The van der Waals surface area contributed by atoms with Gasteiger partial charge in [0.15, 0.2) is 5.78 Å². The number of hydrogen-bond donors (Lipinski definition) is 5. The van der Waals surface area contributed by atoms with E-state index in [1.54, 1.807) is 6.08 Å². The molecule has 8 heteroatoms. The molecule has 7 nitrogen and oxygen atoms in total. The average molecular weight is 382 g/mol. The summed E-state index contributed by atoms with van der Waals surface area (Å²) in [7, 11) is -1.39. The van der Waals surface area contributed by atoms with Crippen molar-refractivity contribution in [2.24, 2.45) is 16.6 Å². The van der Waals surface area contributed by atoms with Gasteiger partial charge in [0.1, 0.15) is 5.54 Å². The van der Waals surface area contributed by atoms with Crippen LogP contribution in [0.2, 0.25) is 6.32 Å². The van der Waals surface area contributed by atoms with E-state index in [9.17, 15) is 14.7 Å². The molecule has 1 aliphatic heterocycles. The van der Waals surface area contributed by atoms with E-state index in [2.05, 4.69) is 5.32 Å². The Kier molecular flexibility index (Phi) is 8.22. The van der Waals surface area contributed by atoms with Crippen LogP contribution >= 0.6 is 0 Å². The molecule has 154 valence electrons. The Hall–Kier alpha value is -1.22. The molecule has 0 radical (unpaired) electrons. The van der Waals surface area contributed by atoms with Crippen LogP contribution in [0.3, 0.4) is 0 Å². The van der Waals surface area contributed by atoms with Gasteiger partial charge in [-0.3, -0.25) is 9.59 Å². The first-order valence-corrected chi connectivity index (χ1v) is 9.72. The highest BCUT2D eigenvalue weighted by atomic mass is 16.4. The molecule has 1 aliphatic rings. The maximum Gasteiger partial charge on any atom is 0.451 e. The largest absolute Gasteiger partial charge is 0.480 e. The van der Waals surface area contributed by atoms with Crippen molar-refractivity contribution in [3.8, 4) is 0 Å². The Labute approximate surface area is 162 Å². The third kappa shape index (κ3) is 5.41. The van der Waals surface area contributed by atoms with Crippen LogP contribution < -0.4 is 11.1 Å². The summed E-state index contributed by atoms with van der Waals surface area (Å²) >= 11 is 0. The Balaban J connectivity index is 3.00. The number of carboxylic acids is 1.